The molecule has 1 rings (SSSR count). The molecule has 1 heterocycles. The summed E-state index contributed by atoms with van der Waals surface area (Å²) in [5.41, 5.74) is -0.317. The Balaban J connectivity index is 2.26. The van der Waals surface area contributed by atoms with Gasteiger partial charge in [-0.1, -0.05) is 51.9 Å². The van der Waals surface area contributed by atoms with Crippen molar-refractivity contribution >= 4 is 5.97 Å². The van der Waals surface area contributed by atoms with E-state index in [0.29, 0.717) is 6.54 Å². The van der Waals surface area contributed by atoms with Crippen molar-refractivity contribution in [3.05, 3.63) is 28.2 Å². The number of hydrogen-bond acceptors (Lipinski definition) is 3. The number of nitrogens with zero attached hydrogens (tertiary/aromatic N) is 2. The van der Waals surface area contributed by atoms with Crippen LogP contribution in [-0.4, -0.2) is 20.9 Å². The molecule has 20 heavy (non-hydrogen) atoms. The van der Waals surface area contributed by atoms with Gasteiger partial charge in [0.1, 0.15) is 0 Å². The molecule has 0 spiro atoms. The van der Waals surface area contributed by atoms with Crippen molar-refractivity contribution in [1.29, 1.82) is 0 Å². The number of rotatable bonds is 10. The SMILES string of the molecule is CCCCCCCCCCn1nc(C(=O)O)ccc1=O. The maximum absolute atomic E-state index is 11.5. The van der Waals surface area contributed by atoms with Crippen LogP contribution in [0.3, 0.4) is 0 Å². The van der Waals surface area contributed by atoms with Gasteiger partial charge in [-0.3, -0.25) is 4.79 Å². The van der Waals surface area contributed by atoms with Crippen LogP contribution < -0.4 is 5.56 Å². The number of aryl methyl sites for hydroxylation is 1. The summed E-state index contributed by atoms with van der Waals surface area (Å²) < 4.78 is 1.25. The van der Waals surface area contributed by atoms with Gasteiger partial charge in [-0.15, -0.1) is 0 Å². The van der Waals surface area contributed by atoms with Crippen molar-refractivity contribution in [3.8, 4) is 0 Å². The molecule has 0 fully saturated rings. The average Bonchev–Trinajstić information content (AvgIpc) is 2.43. The van der Waals surface area contributed by atoms with Crippen LogP contribution >= 0.6 is 0 Å². The van der Waals surface area contributed by atoms with Gasteiger partial charge in [-0.25, -0.2) is 9.48 Å². The minimum atomic E-state index is -1.10. The van der Waals surface area contributed by atoms with Gasteiger partial charge in [0, 0.05) is 12.6 Å². The summed E-state index contributed by atoms with van der Waals surface area (Å²) in [6.45, 7) is 2.70. The molecule has 5 heteroatoms. The first-order valence-electron chi connectivity index (χ1n) is 7.46. The van der Waals surface area contributed by atoms with Crippen LogP contribution in [0.1, 0.15) is 68.8 Å². The molecule has 0 bridgehead atoms. The first kappa shape index (κ1) is 16.4. The van der Waals surface area contributed by atoms with Gasteiger partial charge < -0.3 is 5.11 Å². The Morgan fingerprint density at radius 2 is 1.70 bits per heavy atom. The summed E-state index contributed by atoms with van der Waals surface area (Å²) in [7, 11) is 0. The molecular weight excluding hydrogens is 256 g/mol. The van der Waals surface area contributed by atoms with Crippen molar-refractivity contribution in [2.45, 2.75) is 64.8 Å². The van der Waals surface area contributed by atoms with E-state index in [2.05, 4.69) is 12.0 Å². The van der Waals surface area contributed by atoms with Crippen molar-refractivity contribution in [3.63, 3.8) is 0 Å². The van der Waals surface area contributed by atoms with E-state index in [-0.39, 0.29) is 11.3 Å². The molecule has 0 saturated carbocycles. The van der Waals surface area contributed by atoms with Gasteiger partial charge in [0.05, 0.1) is 0 Å². The van der Waals surface area contributed by atoms with Crippen molar-refractivity contribution in [2.24, 2.45) is 0 Å². The summed E-state index contributed by atoms with van der Waals surface area (Å²) in [5, 5.41) is 12.7. The molecule has 112 valence electrons. The number of carboxylic acid groups (broad SMARTS) is 1. The van der Waals surface area contributed by atoms with Crippen LogP contribution in [0.2, 0.25) is 0 Å². The normalized spacial score (nSPS) is 10.7. The second kappa shape index (κ2) is 9.28. The topological polar surface area (TPSA) is 72.2 Å². The van der Waals surface area contributed by atoms with E-state index in [1.165, 1.54) is 48.9 Å². The Kier molecular flexibility index (Phi) is 7.62. The zero-order valence-corrected chi connectivity index (χ0v) is 12.2. The van der Waals surface area contributed by atoms with Crippen molar-refractivity contribution in [1.82, 2.24) is 9.78 Å². The third kappa shape index (κ3) is 5.99. The molecule has 0 saturated heterocycles. The van der Waals surface area contributed by atoms with Gasteiger partial charge in [0.15, 0.2) is 5.69 Å². The largest absolute Gasteiger partial charge is 0.476 e. The standard InChI is InChI=1S/C15H24N2O3/c1-2-3-4-5-6-7-8-9-12-17-14(18)11-10-13(16-17)15(19)20/h10-11H,2-9,12H2,1H3,(H,19,20). The predicted octanol–water partition coefficient (Wildman–Crippen LogP) is 3.08. The van der Waals surface area contributed by atoms with Crippen molar-refractivity contribution in [2.75, 3.05) is 0 Å². The molecule has 1 N–H and O–H groups in total. The second-order valence-corrected chi connectivity index (χ2v) is 5.06. The Hall–Kier alpha value is -1.65. The van der Waals surface area contributed by atoms with E-state index in [0.717, 1.165) is 19.3 Å². The number of unbranched alkanes of at least 4 members (excludes halogenated alkanes) is 7. The monoisotopic (exact) mass is 280 g/mol. The fourth-order valence-electron chi connectivity index (χ4n) is 2.12. The van der Waals surface area contributed by atoms with E-state index in [1.807, 2.05) is 0 Å². The lowest BCUT2D eigenvalue weighted by molar-refractivity contribution is 0.0687. The lowest BCUT2D eigenvalue weighted by Gasteiger charge is -2.05. The summed E-state index contributed by atoms with van der Waals surface area (Å²) in [6, 6.07) is 2.51. The smallest absolute Gasteiger partial charge is 0.356 e. The highest BCUT2D eigenvalue weighted by atomic mass is 16.4. The Morgan fingerprint density at radius 1 is 1.10 bits per heavy atom. The number of aromatic carboxylic acids is 1. The minimum absolute atomic E-state index is 0.0795. The minimum Gasteiger partial charge on any atom is -0.476 e. The molecule has 5 nitrogen and oxygen atoms in total. The zero-order chi connectivity index (χ0) is 14.8. The Labute approximate surface area is 119 Å². The lowest BCUT2D eigenvalue weighted by atomic mass is 10.1. The van der Waals surface area contributed by atoms with Crippen LogP contribution in [0.25, 0.3) is 0 Å². The molecule has 1 aromatic heterocycles. The van der Waals surface area contributed by atoms with Crippen molar-refractivity contribution < 1.29 is 9.90 Å². The highest BCUT2D eigenvalue weighted by Gasteiger charge is 2.06. The van der Waals surface area contributed by atoms with Crippen LogP contribution in [-0.2, 0) is 6.54 Å². The van der Waals surface area contributed by atoms with Gasteiger partial charge in [0.25, 0.3) is 5.56 Å². The molecule has 0 aliphatic carbocycles. The van der Waals surface area contributed by atoms with Gasteiger partial charge in [-0.2, -0.15) is 5.10 Å². The van der Waals surface area contributed by atoms with E-state index in [9.17, 15) is 9.59 Å². The third-order valence-corrected chi connectivity index (χ3v) is 3.31. The van der Waals surface area contributed by atoms with Crippen LogP contribution in [0.15, 0.2) is 16.9 Å². The van der Waals surface area contributed by atoms with Crippen LogP contribution in [0, 0.1) is 0 Å². The number of hydrogen-bond donors (Lipinski definition) is 1. The van der Waals surface area contributed by atoms with Gasteiger partial charge >= 0.3 is 5.97 Å². The maximum Gasteiger partial charge on any atom is 0.356 e. The van der Waals surface area contributed by atoms with E-state index in [4.69, 9.17) is 5.11 Å². The molecule has 0 amide bonds. The molecule has 1 aromatic rings. The predicted molar refractivity (Wildman–Crippen MR) is 78.1 cm³/mol. The molecule has 0 unspecified atom stereocenters. The average molecular weight is 280 g/mol. The summed E-state index contributed by atoms with van der Waals surface area (Å²) in [4.78, 5) is 22.3. The first-order valence-corrected chi connectivity index (χ1v) is 7.46. The summed E-state index contributed by atoms with van der Waals surface area (Å²) in [5.74, 6) is -1.10. The Bertz CT molecular complexity index is 468. The number of carboxylic acids is 1. The fraction of sp³-hybridized carbons (Fsp3) is 0.667. The van der Waals surface area contributed by atoms with E-state index >= 15 is 0 Å². The second-order valence-electron chi connectivity index (χ2n) is 5.06. The quantitative estimate of drug-likeness (QED) is 0.668. The summed E-state index contributed by atoms with van der Waals surface area (Å²) >= 11 is 0. The summed E-state index contributed by atoms with van der Waals surface area (Å²) in [6.07, 6.45) is 9.46. The third-order valence-electron chi connectivity index (χ3n) is 3.31. The molecule has 0 atom stereocenters. The maximum atomic E-state index is 11.5. The molecule has 0 aliphatic heterocycles. The van der Waals surface area contributed by atoms with Gasteiger partial charge in [-0.05, 0) is 12.5 Å². The number of carbonyl (C=O) groups is 1. The van der Waals surface area contributed by atoms with E-state index in [1.54, 1.807) is 0 Å². The van der Waals surface area contributed by atoms with E-state index < -0.39 is 5.97 Å². The Morgan fingerprint density at radius 3 is 2.30 bits per heavy atom. The lowest BCUT2D eigenvalue weighted by Crippen LogP contribution is -2.24. The molecular formula is C15H24N2O3. The van der Waals surface area contributed by atoms with Crippen LogP contribution in [0.4, 0.5) is 0 Å². The highest BCUT2D eigenvalue weighted by Crippen LogP contribution is 2.08. The molecule has 0 aliphatic rings. The highest BCUT2D eigenvalue weighted by molar-refractivity contribution is 5.84. The fourth-order valence-corrected chi connectivity index (χ4v) is 2.12. The molecule has 0 radical (unpaired) electrons. The molecule has 0 aromatic carbocycles. The first-order chi connectivity index (χ1) is 9.65. The zero-order valence-electron chi connectivity index (χ0n) is 12.2. The van der Waals surface area contributed by atoms with Crippen LogP contribution in [0.5, 0.6) is 0 Å². The number of aromatic nitrogens is 2. The van der Waals surface area contributed by atoms with Gasteiger partial charge in [0.2, 0.25) is 0 Å².